The number of hydrogen-bond donors (Lipinski definition) is 0. The average molecular weight is 461 g/mol. The molecule has 7 aromatic rings. The molecule has 0 atom stereocenters. The zero-order valence-corrected chi connectivity index (χ0v) is 20.3. The fraction of sp³-hybridized carbons (Fsp3) is 0.0882. The van der Waals surface area contributed by atoms with Gasteiger partial charge in [-0.2, -0.15) is 0 Å². The summed E-state index contributed by atoms with van der Waals surface area (Å²) in [5.41, 5.74) is 7.94. The first-order valence-electron chi connectivity index (χ1n) is 12.6. The summed E-state index contributed by atoms with van der Waals surface area (Å²) >= 11 is 0. The van der Waals surface area contributed by atoms with Crippen LogP contribution in [0.3, 0.4) is 0 Å². The van der Waals surface area contributed by atoms with Crippen LogP contribution >= 0.6 is 0 Å². The van der Waals surface area contributed by atoms with Crippen molar-refractivity contribution >= 4 is 43.4 Å². The third-order valence-corrected chi connectivity index (χ3v) is 8.22. The molecule has 0 N–H and O–H groups in total. The van der Waals surface area contributed by atoms with E-state index in [1.165, 1.54) is 60.2 Å². The number of aromatic nitrogens is 2. The van der Waals surface area contributed by atoms with Gasteiger partial charge in [0.05, 0.1) is 11.0 Å². The van der Waals surface area contributed by atoms with Crippen LogP contribution in [0.5, 0.6) is 0 Å². The first-order chi connectivity index (χ1) is 17.6. The molecule has 2 aromatic heterocycles. The van der Waals surface area contributed by atoms with E-state index in [0.29, 0.717) is 0 Å². The Morgan fingerprint density at radius 1 is 0.611 bits per heavy atom. The van der Waals surface area contributed by atoms with Crippen LogP contribution in [0.4, 0.5) is 0 Å². The van der Waals surface area contributed by atoms with Crippen molar-refractivity contribution in [2.75, 3.05) is 0 Å². The van der Waals surface area contributed by atoms with E-state index >= 15 is 0 Å². The molecule has 2 heteroatoms. The maximum Gasteiger partial charge on any atom is 0.138 e. The van der Waals surface area contributed by atoms with Crippen molar-refractivity contribution in [3.05, 3.63) is 120 Å². The van der Waals surface area contributed by atoms with Crippen LogP contribution in [0, 0.1) is 0 Å². The fourth-order valence-corrected chi connectivity index (χ4v) is 6.50. The Hall–Kier alpha value is -4.43. The molecule has 5 aromatic carbocycles. The molecule has 0 aliphatic heterocycles. The van der Waals surface area contributed by atoms with Gasteiger partial charge < -0.3 is 0 Å². The van der Waals surface area contributed by atoms with E-state index < -0.39 is 0 Å². The number of rotatable bonds is 1. The van der Waals surface area contributed by atoms with Crippen molar-refractivity contribution in [3.63, 3.8) is 0 Å². The third-order valence-electron chi connectivity index (χ3n) is 8.22. The quantitative estimate of drug-likeness (QED) is 0.239. The standard InChI is InChI=1S/C34H24N2/c1-34(2)28-13-7-5-12-27(28)32-24-15-16-25-23-11-6-8-14-30(23)36(33(25)26(24)17-18-29(32)34)31-19-21-9-3-4-10-22(21)20-35-31/h3-20H,1-2H3. The first kappa shape index (κ1) is 19.8. The van der Waals surface area contributed by atoms with E-state index in [4.69, 9.17) is 4.98 Å². The summed E-state index contributed by atoms with van der Waals surface area (Å²) < 4.78 is 2.36. The monoisotopic (exact) mass is 460 g/mol. The Balaban J connectivity index is 1.55. The Kier molecular flexibility index (Phi) is 3.76. The molecule has 0 saturated heterocycles. The SMILES string of the molecule is CC1(C)c2ccccc2-c2c1ccc1c2ccc2c3ccccc3n(-c3cc4ccccc4cn3)c12. The van der Waals surface area contributed by atoms with Crippen molar-refractivity contribution < 1.29 is 0 Å². The molecule has 0 amide bonds. The van der Waals surface area contributed by atoms with Crippen LogP contribution in [0.15, 0.2) is 109 Å². The highest BCUT2D eigenvalue weighted by molar-refractivity contribution is 6.21. The lowest BCUT2D eigenvalue weighted by molar-refractivity contribution is 0.661. The van der Waals surface area contributed by atoms with Gasteiger partial charge in [0.1, 0.15) is 5.82 Å². The van der Waals surface area contributed by atoms with E-state index in [9.17, 15) is 0 Å². The van der Waals surface area contributed by atoms with Gasteiger partial charge in [0, 0.05) is 33.2 Å². The van der Waals surface area contributed by atoms with Gasteiger partial charge in [-0.25, -0.2) is 4.98 Å². The van der Waals surface area contributed by atoms with Gasteiger partial charge in [0.2, 0.25) is 0 Å². The second-order valence-electron chi connectivity index (χ2n) is 10.5. The minimum Gasteiger partial charge on any atom is -0.293 e. The normalized spacial score (nSPS) is 14.1. The molecule has 170 valence electrons. The van der Waals surface area contributed by atoms with Gasteiger partial charge in [-0.1, -0.05) is 105 Å². The topological polar surface area (TPSA) is 17.8 Å². The molecular weight excluding hydrogens is 436 g/mol. The molecule has 2 nitrogen and oxygen atoms in total. The number of fused-ring (bicyclic) bond motifs is 10. The van der Waals surface area contributed by atoms with Crippen LogP contribution in [-0.4, -0.2) is 9.55 Å². The van der Waals surface area contributed by atoms with Gasteiger partial charge in [-0.3, -0.25) is 4.57 Å². The number of benzene rings is 5. The predicted octanol–water partition coefficient (Wildman–Crippen LogP) is 8.79. The zero-order valence-electron chi connectivity index (χ0n) is 20.3. The average Bonchev–Trinajstić information content (AvgIpc) is 3.38. The highest BCUT2D eigenvalue weighted by Gasteiger charge is 2.36. The summed E-state index contributed by atoms with van der Waals surface area (Å²) in [4.78, 5) is 4.95. The van der Waals surface area contributed by atoms with Gasteiger partial charge in [0.25, 0.3) is 0 Å². The molecule has 0 saturated carbocycles. The van der Waals surface area contributed by atoms with Crippen LogP contribution in [-0.2, 0) is 5.41 Å². The lowest BCUT2D eigenvalue weighted by Gasteiger charge is -2.21. The van der Waals surface area contributed by atoms with Crippen LogP contribution in [0.2, 0.25) is 0 Å². The van der Waals surface area contributed by atoms with E-state index in [1.54, 1.807) is 0 Å². The molecule has 2 heterocycles. The van der Waals surface area contributed by atoms with E-state index in [0.717, 1.165) is 11.2 Å². The summed E-state index contributed by atoms with van der Waals surface area (Å²) in [6.07, 6.45) is 1.99. The largest absolute Gasteiger partial charge is 0.293 e. The number of nitrogens with zero attached hydrogens (tertiary/aromatic N) is 2. The maximum atomic E-state index is 4.95. The molecular formula is C34H24N2. The second-order valence-corrected chi connectivity index (χ2v) is 10.5. The van der Waals surface area contributed by atoms with Gasteiger partial charge >= 0.3 is 0 Å². The Morgan fingerprint density at radius 3 is 2.22 bits per heavy atom. The zero-order chi connectivity index (χ0) is 24.0. The number of hydrogen-bond acceptors (Lipinski definition) is 1. The number of pyridine rings is 1. The Labute approximate surface area is 209 Å². The fourth-order valence-electron chi connectivity index (χ4n) is 6.50. The second kappa shape index (κ2) is 6.83. The van der Waals surface area contributed by atoms with E-state index in [2.05, 4.69) is 122 Å². The lowest BCUT2D eigenvalue weighted by atomic mass is 9.82. The molecule has 0 fully saturated rings. The Bertz CT molecular complexity index is 2020. The molecule has 0 spiro atoms. The molecule has 0 bridgehead atoms. The van der Waals surface area contributed by atoms with E-state index in [-0.39, 0.29) is 5.41 Å². The summed E-state index contributed by atoms with van der Waals surface area (Å²) in [6, 6.07) is 37.6. The van der Waals surface area contributed by atoms with Crippen LogP contribution in [0.1, 0.15) is 25.0 Å². The third kappa shape index (κ3) is 2.43. The van der Waals surface area contributed by atoms with Crippen molar-refractivity contribution in [2.24, 2.45) is 0 Å². The van der Waals surface area contributed by atoms with Crippen LogP contribution < -0.4 is 0 Å². The molecule has 36 heavy (non-hydrogen) atoms. The minimum atomic E-state index is -0.0122. The molecule has 1 aliphatic carbocycles. The predicted molar refractivity (Wildman–Crippen MR) is 151 cm³/mol. The number of para-hydroxylation sites is 1. The highest BCUT2D eigenvalue weighted by atomic mass is 15.1. The van der Waals surface area contributed by atoms with Crippen molar-refractivity contribution in [1.82, 2.24) is 9.55 Å². The highest BCUT2D eigenvalue weighted by Crippen LogP contribution is 2.52. The van der Waals surface area contributed by atoms with Gasteiger partial charge in [0.15, 0.2) is 0 Å². The van der Waals surface area contributed by atoms with Crippen molar-refractivity contribution in [3.8, 4) is 16.9 Å². The molecule has 8 rings (SSSR count). The summed E-state index contributed by atoms with van der Waals surface area (Å²) in [5, 5.41) is 7.45. The Morgan fingerprint density at radius 2 is 1.31 bits per heavy atom. The molecule has 0 unspecified atom stereocenters. The van der Waals surface area contributed by atoms with Gasteiger partial charge in [-0.05, 0) is 45.2 Å². The summed E-state index contributed by atoms with van der Waals surface area (Å²) in [6.45, 7) is 4.69. The van der Waals surface area contributed by atoms with Gasteiger partial charge in [-0.15, -0.1) is 0 Å². The summed E-state index contributed by atoms with van der Waals surface area (Å²) in [7, 11) is 0. The minimum absolute atomic E-state index is 0.0122. The molecule has 0 radical (unpaired) electrons. The van der Waals surface area contributed by atoms with Crippen molar-refractivity contribution in [1.29, 1.82) is 0 Å². The lowest BCUT2D eigenvalue weighted by Crippen LogP contribution is -2.14. The maximum absolute atomic E-state index is 4.95. The smallest absolute Gasteiger partial charge is 0.138 e. The summed E-state index contributed by atoms with van der Waals surface area (Å²) in [5.74, 6) is 0.952. The van der Waals surface area contributed by atoms with Crippen molar-refractivity contribution in [2.45, 2.75) is 19.3 Å². The first-order valence-corrected chi connectivity index (χ1v) is 12.6. The van der Waals surface area contributed by atoms with E-state index in [1.807, 2.05) is 6.20 Å². The molecule has 1 aliphatic rings. The van der Waals surface area contributed by atoms with Crippen LogP contribution in [0.25, 0.3) is 60.3 Å².